The van der Waals surface area contributed by atoms with Crippen LogP contribution in [0.2, 0.25) is 0 Å². The number of carbonyl (C=O) groups excluding carboxylic acids is 3. The van der Waals surface area contributed by atoms with Crippen molar-refractivity contribution < 1.29 is 19.1 Å². The van der Waals surface area contributed by atoms with Crippen LogP contribution in [0.4, 0.5) is 5.95 Å². The quantitative estimate of drug-likeness (QED) is 0.351. The fourth-order valence-corrected chi connectivity index (χ4v) is 5.43. The van der Waals surface area contributed by atoms with Crippen LogP contribution in [0.25, 0.3) is 10.9 Å². The first-order chi connectivity index (χ1) is 18.9. The average Bonchev–Trinajstić information content (AvgIpc) is 3.38. The summed E-state index contributed by atoms with van der Waals surface area (Å²) in [5.41, 5.74) is 10.9. The van der Waals surface area contributed by atoms with Crippen molar-refractivity contribution in [3.63, 3.8) is 0 Å². The first-order valence-electron chi connectivity index (χ1n) is 13.0. The SMILES string of the molecule is CCOC(=O)Cc1ccc2nc(N)nc(C(=O)N3Cc4cccc(CN5CCN(C(=O)CCl)CC5)c4C3)c2c1. The molecule has 5 rings (SSSR count). The fourth-order valence-electron chi connectivity index (χ4n) is 5.26. The maximum atomic E-state index is 13.8. The predicted octanol–water partition coefficient (Wildman–Crippen LogP) is 2.36. The molecular formula is C28H31ClN6O4. The number of nitrogens with zero attached hydrogens (tertiary/aromatic N) is 5. The van der Waals surface area contributed by atoms with Gasteiger partial charge in [-0.3, -0.25) is 19.3 Å². The lowest BCUT2D eigenvalue weighted by molar-refractivity contribution is -0.142. The molecule has 11 heteroatoms. The van der Waals surface area contributed by atoms with Gasteiger partial charge in [-0.05, 0) is 41.3 Å². The monoisotopic (exact) mass is 550 g/mol. The van der Waals surface area contributed by atoms with Crippen molar-refractivity contribution in [3.05, 3.63) is 64.3 Å². The van der Waals surface area contributed by atoms with Crippen molar-refractivity contribution in [1.82, 2.24) is 24.7 Å². The van der Waals surface area contributed by atoms with Gasteiger partial charge in [0.25, 0.3) is 5.91 Å². The fraction of sp³-hybridized carbons (Fsp3) is 0.393. The van der Waals surface area contributed by atoms with E-state index in [0.29, 0.717) is 49.3 Å². The number of hydrogen-bond acceptors (Lipinski definition) is 8. The highest BCUT2D eigenvalue weighted by atomic mass is 35.5. The van der Waals surface area contributed by atoms with Crippen LogP contribution in [0.1, 0.15) is 39.7 Å². The number of amides is 2. The summed E-state index contributed by atoms with van der Waals surface area (Å²) in [5, 5.41) is 0.552. The number of carbonyl (C=O) groups is 3. The molecule has 2 aromatic carbocycles. The van der Waals surface area contributed by atoms with Gasteiger partial charge in [-0.25, -0.2) is 9.97 Å². The van der Waals surface area contributed by atoms with Crippen LogP contribution in [0.15, 0.2) is 36.4 Å². The molecule has 0 radical (unpaired) electrons. The molecule has 2 aliphatic heterocycles. The number of aromatic nitrogens is 2. The van der Waals surface area contributed by atoms with E-state index >= 15 is 0 Å². The third kappa shape index (κ3) is 5.81. The summed E-state index contributed by atoms with van der Waals surface area (Å²) in [6.07, 6.45) is 0.0919. The molecule has 0 atom stereocenters. The lowest BCUT2D eigenvalue weighted by Crippen LogP contribution is -2.48. The number of nitrogens with two attached hydrogens (primary N) is 1. The van der Waals surface area contributed by atoms with Crippen LogP contribution in [0.5, 0.6) is 0 Å². The van der Waals surface area contributed by atoms with Crippen LogP contribution in [-0.2, 0) is 40.4 Å². The summed E-state index contributed by atoms with van der Waals surface area (Å²) < 4.78 is 5.07. The second-order valence-electron chi connectivity index (χ2n) is 9.77. The number of benzene rings is 2. The molecule has 39 heavy (non-hydrogen) atoms. The molecular weight excluding hydrogens is 520 g/mol. The Bertz CT molecular complexity index is 1420. The Kier molecular flexibility index (Phi) is 7.94. The maximum absolute atomic E-state index is 13.8. The van der Waals surface area contributed by atoms with Crippen LogP contribution < -0.4 is 5.73 Å². The normalized spacial score (nSPS) is 15.4. The van der Waals surface area contributed by atoms with Crippen LogP contribution in [0.3, 0.4) is 0 Å². The second kappa shape index (κ2) is 11.5. The van der Waals surface area contributed by atoms with E-state index in [1.807, 2.05) is 12.1 Å². The number of halogens is 1. The van der Waals surface area contributed by atoms with E-state index in [0.717, 1.165) is 30.8 Å². The second-order valence-corrected chi connectivity index (χ2v) is 10.0. The Morgan fingerprint density at radius 3 is 2.56 bits per heavy atom. The number of piperazine rings is 1. The average molecular weight is 551 g/mol. The molecule has 0 saturated carbocycles. The summed E-state index contributed by atoms with van der Waals surface area (Å²) >= 11 is 5.71. The number of hydrogen-bond donors (Lipinski definition) is 1. The van der Waals surface area contributed by atoms with Gasteiger partial charge in [0.15, 0.2) is 0 Å². The van der Waals surface area contributed by atoms with E-state index in [9.17, 15) is 14.4 Å². The Morgan fingerprint density at radius 2 is 1.82 bits per heavy atom. The zero-order chi connectivity index (χ0) is 27.5. The van der Waals surface area contributed by atoms with Crippen LogP contribution in [0, 0.1) is 0 Å². The number of nitrogen functional groups attached to an aromatic ring is 1. The first kappa shape index (κ1) is 26.8. The van der Waals surface area contributed by atoms with Crippen molar-refractivity contribution >= 4 is 46.2 Å². The number of anilines is 1. The van der Waals surface area contributed by atoms with Gasteiger partial charge >= 0.3 is 5.97 Å². The van der Waals surface area contributed by atoms with E-state index in [1.165, 1.54) is 5.56 Å². The number of fused-ring (bicyclic) bond motifs is 2. The highest BCUT2D eigenvalue weighted by Gasteiger charge is 2.29. The van der Waals surface area contributed by atoms with E-state index in [1.54, 1.807) is 34.9 Å². The minimum absolute atomic E-state index is 0.00996. The molecule has 0 bridgehead atoms. The van der Waals surface area contributed by atoms with Gasteiger partial charge in [-0.15, -0.1) is 11.6 Å². The first-order valence-corrected chi connectivity index (χ1v) is 13.6. The Balaban J connectivity index is 1.34. The van der Waals surface area contributed by atoms with Crippen LogP contribution >= 0.6 is 11.6 Å². The highest BCUT2D eigenvalue weighted by Crippen LogP contribution is 2.30. The number of esters is 1. The lowest BCUT2D eigenvalue weighted by Gasteiger charge is -2.34. The van der Waals surface area contributed by atoms with Crippen molar-refractivity contribution in [2.24, 2.45) is 0 Å². The van der Waals surface area contributed by atoms with Gasteiger partial charge in [-0.1, -0.05) is 24.3 Å². The van der Waals surface area contributed by atoms with Crippen molar-refractivity contribution in [2.45, 2.75) is 33.0 Å². The molecule has 3 heterocycles. The molecule has 10 nitrogen and oxygen atoms in total. The molecule has 2 amide bonds. The third-order valence-electron chi connectivity index (χ3n) is 7.23. The molecule has 1 aromatic heterocycles. The van der Waals surface area contributed by atoms with Gasteiger partial charge in [-0.2, -0.15) is 0 Å². The summed E-state index contributed by atoms with van der Waals surface area (Å²) in [6, 6.07) is 11.5. The van der Waals surface area contributed by atoms with Gasteiger partial charge < -0.3 is 20.3 Å². The summed E-state index contributed by atoms with van der Waals surface area (Å²) in [6.45, 7) is 6.60. The molecule has 1 fully saturated rings. The zero-order valence-electron chi connectivity index (χ0n) is 21.9. The van der Waals surface area contributed by atoms with E-state index in [4.69, 9.17) is 22.1 Å². The van der Waals surface area contributed by atoms with Gasteiger partial charge in [0.05, 0.1) is 18.5 Å². The minimum Gasteiger partial charge on any atom is -0.466 e. The Morgan fingerprint density at radius 1 is 1.03 bits per heavy atom. The lowest BCUT2D eigenvalue weighted by atomic mass is 10.0. The summed E-state index contributed by atoms with van der Waals surface area (Å²) in [7, 11) is 0. The van der Waals surface area contributed by atoms with Gasteiger partial charge in [0.1, 0.15) is 11.6 Å². The largest absolute Gasteiger partial charge is 0.466 e. The van der Waals surface area contributed by atoms with Crippen molar-refractivity contribution in [1.29, 1.82) is 0 Å². The molecule has 3 aromatic rings. The minimum atomic E-state index is -0.337. The molecule has 2 N–H and O–H groups in total. The topological polar surface area (TPSA) is 122 Å². The smallest absolute Gasteiger partial charge is 0.310 e. The predicted molar refractivity (Wildman–Crippen MR) is 147 cm³/mol. The Hall–Kier alpha value is -3.76. The van der Waals surface area contributed by atoms with Crippen molar-refractivity contribution in [2.75, 3.05) is 44.4 Å². The molecule has 0 aliphatic carbocycles. The van der Waals surface area contributed by atoms with E-state index < -0.39 is 0 Å². The molecule has 0 spiro atoms. The van der Waals surface area contributed by atoms with E-state index in [-0.39, 0.29) is 41.7 Å². The summed E-state index contributed by atoms with van der Waals surface area (Å²) in [4.78, 5) is 52.2. The molecule has 0 unspecified atom stereocenters. The van der Waals surface area contributed by atoms with Crippen LogP contribution in [-0.4, -0.2) is 81.1 Å². The van der Waals surface area contributed by atoms with Gasteiger partial charge in [0, 0.05) is 51.2 Å². The maximum Gasteiger partial charge on any atom is 0.310 e. The number of rotatable bonds is 7. The molecule has 1 saturated heterocycles. The number of alkyl halides is 1. The zero-order valence-corrected chi connectivity index (χ0v) is 22.6. The highest BCUT2D eigenvalue weighted by molar-refractivity contribution is 6.27. The molecule has 2 aliphatic rings. The number of ether oxygens (including phenoxy) is 1. The standard InChI is InChI=1S/C28H31ClN6O4/c1-2-39-25(37)13-18-6-7-23-21(12-18)26(32-28(30)31-23)27(38)35-16-20-5-3-4-19(22(20)17-35)15-33-8-10-34(11-9-33)24(36)14-29/h3-7,12H,2,8-11,13-17H2,1H3,(H2,30,31,32). The Labute approximate surface area is 231 Å². The van der Waals surface area contributed by atoms with Crippen molar-refractivity contribution in [3.8, 4) is 0 Å². The van der Waals surface area contributed by atoms with E-state index in [2.05, 4.69) is 20.9 Å². The van der Waals surface area contributed by atoms with Gasteiger partial charge in [0.2, 0.25) is 11.9 Å². The summed E-state index contributed by atoms with van der Waals surface area (Å²) in [5.74, 6) is -0.575. The third-order valence-corrected chi connectivity index (χ3v) is 7.46. The molecule has 204 valence electrons.